The number of amides is 1. The van der Waals surface area contributed by atoms with Crippen LogP contribution in [0.4, 0.5) is 11.5 Å². The van der Waals surface area contributed by atoms with Gasteiger partial charge in [0.15, 0.2) is 5.69 Å². The molecule has 3 aromatic heterocycles. The molecule has 0 bridgehead atoms. The Hall–Kier alpha value is -4.53. The van der Waals surface area contributed by atoms with Crippen LogP contribution in [0, 0.1) is 12.8 Å². The van der Waals surface area contributed by atoms with Gasteiger partial charge in [-0.2, -0.15) is 5.10 Å². The number of benzene rings is 1. The quantitative estimate of drug-likeness (QED) is 0.332. The van der Waals surface area contributed by atoms with Crippen molar-refractivity contribution >= 4 is 23.7 Å². The van der Waals surface area contributed by atoms with Crippen LogP contribution in [0.15, 0.2) is 61.3 Å². The van der Waals surface area contributed by atoms with Gasteiger partial charge in [-0.25, -0.2) is 9.97 Å². The summed E-state index contributed by atoms with van der Waals surface area (Å²) in [5.41, 5.74) is 6.73. The van der Waals surface area contributed by atoms with E-state index in [1.54, 1.807) is 12.4 Å². The summed E-state index contributed by atoms with van der Waals surface area (Å²) in [5, 5.41) is 14.0. The predicted octanol–water partition coefficient (Wildman–Crippen LogP) is 5.07. The van der Waals surface area contributed by atoms with Gasteiger partial charge in [-0.1, -0.05) is 6.07 Å². The Balaban J connectivity index is 0.000000529. The third-order valence-corrected chi connectivity index (χ3v) is 6.54. The number of rotatable bonds is 7. The first-order valence-corrected chi connectivity index (χ1v) is 12.7. The number of carbonyl (C=O) groups excluding carboxylic acids is 2. The minimum Gasteiger partial charge on any atom is -0.373 e. The fourth-order valence-corrected chi connectivity index (χ4v) is 3.95. The zero-order valence-electron chi connectivity index (χ0n) is 21.4. The highest BCUT2D eigenvalue weighted by Crippen LogP contribution is 2.39. The maximum atomic E-state index is 12.8. The second-order valence-electron chi connectivity index (χ2n) is 9.61. The summed E-state index contributed by atoms with van der Waals surface area (Å²) in [7, 11) is 1.82. The van der Waals surface area contributed by atoms with Gasteiger partial charge in [-0.3, -0.25) is 9.78 Å². The molecule has 9 heteroatoms. The smallest absolute Gasteiger partial charge is 0.276 e. The van der Waals surface area contributed by atoms with E-state index >= 15 is 0 Å². The summed E-state index contributed by atoms with van der Waals surface area (Å²) >= 11 is 0. The van der Waals surface area contributed by atoms with Crippen LogP contribution in [0.2, 0.25) is 0 Å². The standard InChI is InChI=1S/C25H23N7O.C4H6O/c1-15-3-6-20(31-25(33)23-8-17(13-30-32-23)16-4-5-16)9-21(15)18-7-19(12-27-11-18)22-10-24(26-2)29-14-28-22;5-3-4-1-2-4/h3,6-14,16H,4-5H2,1-2H3,(H,31,33)(H,26,28,29);3-4H,1-2H2. The topological polar surface area (TPSA) is 123 Å². The van der Waals surface area contributed by atoms with Crippen LogP contribution < -0.4 is 10.6 Å². The number of hydrogen-bond acceptors (Lipinski definition) is 8. The second-order valence-corrected chi connectivity index (χ2v) is 9.61. The molecule has 2 saturated carbocycles. The van der Waals surface area contributed by atoms with Gasteiger partial charge in [0.25, 0.3) is 5.91 Å². The normalized spacial score (nSPS) is 14.2. The number of hydrogen-bond donors (Lipinski definition) is 2. The van der Waals surface area contributed by atoms with Crippen LogP contribution in [0.5, 0.6) is 0 Å². The van der Waals surface area contributed by atoms with E-state index in [0.717, 1.165) is 71.3 Å². The van der Waals surface area contributed by atoms with E-state index in [2.05, 4.69) is 35.8 Å². The summed E-state index contributed by atoms with van der Waals surface area (Å²) in [6, 6.07) is 11.6. The SMILES string of the molecule is CNc1cc(-c2cncc(-c3cc(NC(=O)c4cc(C5CC5)cnn4)ccc3C)c2)ncn1.O=CC1CC1. The minimum atomic E-state index is -0.271. The lowest BCUT2D eigenvalue weighted by Gasteiger charge is -2.11. The molecule has 0 unspecified atom stereocenters. The van der Waals surface area contributed by atoms with E-state index in [0.29, 0.717) is 23.2 Å². The molecule has 3 heterocycles. The van der Waals surface area contributed by atoms with Crippen molar-refractivity contribution in [2.24, 2.45) is 5.92 Å². The van der Waals surface area contributed by atoms with Gasteiger partial charge in [0.2, 0.25) is 0 Å². The molecule has 2 aliphatic rings. The van der Waals surface area contributed by atoms with Crippen molar-refractivity contribution in [3.63, 3.8) is 0 Å². The van der Waals surface area contributed by atoms with E-state index in [-0.39, 0.29) is 5.91 Å². The lowest BCUT2D eigenvalue weighted by atomic mass is 9.99. The van der Waals surface area contributed by atoms with Crippen molar-refractivity contribution in [3.8, 4) is 22.4 Å². The Labute approximate surface area is 221 Å². The molecule has 192 valence electrons. The molecule has 2 fully saturated rings. The molecule has 0 aliphatic heterocycles. The van der Waals surface area contributed by atoms with Crippen LogP contribution in [0.1, 0.15) is 53.2 Å². The van der Waals surface area contributed by atoms with Gasteiger partial charge in [-0.05, 0) is 79.5 Å². The highest BCUT2D eigenvalue weighted by Gasteiger charge is 2.25. The van der Waals surface area contributed by atoms with Gasteiger partial charge in [0.05, 0.1) is 11.9 Å². The van der Waals surface area contributed by atoms with E-state index in [9.17, 15) is 9.59 Å². The zero-order chi connectivity index (χ0) is 26.5. The highest BCUT2D eigenvalue weighted by atomic mass is 16.2. The molecular formula is C29H29N7O2. The Morgan fingerprint density at radius 2 is 1.79 bits per heavy atom. The fraction of sp³-hybridized carbons (Fsp3) is 0.276. The number of nitrogens with zero attached hydrogens (tertiary/aromatic N) is 5. The van der Waals surface area contributed by atoms with Crippen molar-refractivity contribution in [2.45, 2.75) is 38.5 Å². The molecule has 2 aliphatic carbocycles. The summed E-state index contributed by atoms with van der Waals surface area (Å²) in [5.74, 6) is 1.43. The first-order chi connectivity index (χ1) is 18.5. The number of carbonyl (C=O) groups is 2. The third kappa shape index (κ3) is 6.23. The molecule has 4 aromatic rings. The number of aryl methyl sites for hydroxylation is 1. The molecule has 0 saturated heterocycles. The average Bonchev–Trinajstić information content (AvgIpc) is 3.88. The Morgan fingerprint density at radius 3 is 2.50 bits per heavy atom. The van der Waals surface area contributed by atoms with Gasteiger partial charge >= 0.3 is 0 Å². The van der Waals surface area contributed by atoms with E-state index in [4.69, 9.17) is 0 Å². The van der Waals surface area contributed by atoms with Gasteiger partial charge in [0.1, 0.15) is 18.4 Å². The van der Waals surface area contributed by atoms with Crippen molar-refractivity contribution in [1.29, 1.82) is 0 Å². The molecule has 0 spiro atoms. The molecule has 1 aromatic carbocycles. The lowest BCUT2D eigenvalue weighted by molar-refractivity contribution is -0.108. The maximum Gasteiger partial charge on any atom is 0.276 e. The van der Waals surface area contributed by atoms with E-state index in [1.807, 2.05) is 56.6 Å². The molecule has 6 rings (SSSR count). The van der Waals surface area contributed by atoms with Crippen LogP contribution in [-0.4, -0.2) is 44.4 Å². The number of aldehydes is 1. The number of aromatic nitrogens is 5. The van der Waals surface area contributed by atoms with Crippen LogP contribution in [-0.2, 0) is 4.79 Å². The summed E-state index contributed by atoms with van der Waals surface area (Å²) < 4.78 is 0. The minimum absolute atomic E-state index is 0.271. The fourth-order valence-electron chi connectivity index (χ4n) is 3.95. The first-order valence-electron chi connectivity index (χ1n) is 12.7. The lowest BCUT2D eigenvalue weighted by Crippen LogP contribution is -2.14. The van der Waals surface area contributed by atoms with Crippen LogP contribution >= 0.6 is 0 Å². The largest absolute Gasteiger partial charge is 0.373 e. The van der Waals surface area contributed by atoms with E-state index < -0.39 is 0 Å². The van der Waals surface area contributed by atoms with Gasteiger partial charge < -0.3 is 15.4 Å². The average molecular weight is 508 g/mol. The van der Waals surface area contributed by atoms with Gasteiger partial charge in [0, 0.05) is 48.2 Å². The monoisotopic (exact) mass is 507 g/mol. The van der Waals surface area contributed by atoms with Crippen molar-refractivity contribution in [1.82, 2.24) is 25.1 Å². The number of nitrogens with one attached hydrogen (secondary N) is 2. The molecule has 9 nitrogen and oxygen atoms in total. The molecular weight excluding hydrogens is 478 g/mol. The predicted molar refractivity (Wildman–Crippen MR) is 146 cm³/mol. The maximum absolute atomic E-state index is 12.8. The summed E-state index contributed by atoms with van der Waals surface area (Å²) in [6.07, 6.45) is 12.5. The molecule has 2 N–H and O–H groups in total. The summed E-state index contributed by atoms with van der Waals surface area (Å²) in [4.78, 5) is 35.3. The molecule has 0 atom stereocenters. The zero-order valence-corrected chi connectivity index (χ0v) is 21.4. The summed E-state index contributed by atoms with van der Waals surface area (Å²) in [6.45, 7) is 2.03. The third-order valence-electron chi connectivity index (χ3n) is 6.54. The van der Waals surface area contributed by atoms with Crippen molar-refractivity contribution in [2.75, 3.05) is 17.7 Å². The van der Waals surface area contributed by atoms with Gasteiger partial charge in [-0.15, -0.1) is 5.10 Å². The number of pyridine rings is 1. The van der Waals surface area contributed by atoms with Crippen LogP contribution in [0.25, 0.3) is 22.4 Å². The Bertz CT molecular complexity index is 1470. The Kier molecular flexibility index (Phi) is 7.44. The first kappa shape index (κ1) is 25.1. The van der Waals surface area contributed by atoms with E-state index in [1.165, 1.54) is 6.33 Å². The molecule has 38 heavy (non-hydrogen) atoms. The number of anilines is 2. The molecule has 1 amide bonds. The van der Waals surface area contributed by atoms with Crippen molar-refractivity contribution in [3.05, 3.63) is 78.1 Å². The molecule has 0 radical (unpaired) electrons. The Morgan fingerprint density at radius 1 is 0.974 bits per heavy atom. The van der Waals surface area contributed by atoms with Crippen LogP contribution in [0.3, 0.4) is 0 Å². The second kappa shape index (κ2) is 11.2. The van der Waals surface area contributed by atoms with Crippen molar-refractivity contribution < 1.29 is 9.59 Å². The highest BCUT2D eigenvalue weighted by molar-refractivity contribution is 6.03.